The van der Waals surface area contributed by atoms with Crippen molar-refractivity contribution in [3.05, 3.63) is 36.2 Å². The summed E-state index contributed by atoms with van der Waals surface area (Å²) in [4.78, 5) is 21.7. The second-order valence-electron chi connectivity index (χ2n) is 4.83. The van der Waals surface area contributed by atoms with Crippen LogP contribution in [0, 0.1) is 6.92 Å². The van der Waals surface area contributed by atoms with Crippen molar-refractivity contribution in [1.29, 1.82) is 0 Å². The van der Waals surface area contributed by atoms with Gasteiger partial charge in [-0.05, 0) is 13.0 Å². The first-order chi connectivity index (χ1) is 9.74. The number of nitrogens with one attached hydrogen (secondary N) is 1. The van der Waals surface area contributed by atoms with Crippen molar-refractivity contribution < 1.29 is 9.53 Å². The maximum absolute atomic E-state index is 12.4. The molecule has 7 heteroatoms. The minimum absolute atomic E-state index is 0.0241. The van der Waals surface area contributed by atoms with Crippen molar-refractivity contribution in [1.82, 2.24) is 24.6 Å². The zero-order valence-electron chi connectivity index (χ0n) is 11.3. The molecule has 1 atom stereocenters. The summed E-state index contributed by atoms with van der Waals surface area (Å²) in [6, 6.07) is 1.65. The third-order valence-electron chi connectivity index (χ3n) is 3.34. The number of aromatic amines is 1. The van der Waals surface area contributed by atoms with Gasteiger partial charge in [0, 0.05) is 30.8 Å². The zero-order chi connectivity index (χ0) is 13.9. The maximum Gasteiger partial charge on any atom is 0.245 e. The Labute approximate surface area is 116 Å². The van der Waals surface area contributed by atoms with Crippen LogP contribution in [0.5, 0.6) is 0 Å². The van der Waals surface area contributed by atoms with Gasteiger partial charge >= 0.3 is 0 Å². The van der Waals surface area contributed by atoms with E-state index in [-0.39, 0.29) is 18.5 Å². The molecule has 0 saturated carbocycles. The molecule has 1 unspecified atom stereocenters. The van der Waals surface area contributed by atoms with Gasteiger partial charge < -0.3 is 14.6 Å². The topological polar surface area (TPSA) is 76.0 Å². The van der Waals surface area contributed by atoms with Gasteiger partial charge in [-0.1, -0.05) is 0 Å². The number of H-pyrrole nitrogens is 1. The first-order valence-electron chi connectivity index (χ1n) is 6.60. The van der Waals surface area contributed by atoms with E-state index in [1.807, 2.05) is 11.8 Å². The van der Waals surface area contributed by atoms with Crippen molar-refractivity contribution in [3.63, 3.8) is 0 Å². The second-order valence-corrected chi connectivity index (χ2v) is 4.83. The Balaban J connectivity index is 1.76. The Morgan fingerprint density at radius 3 is 3.20 bits per heavy atom. The maximum atomic E-state index is 12.4. The third kappa shape index (κ3) is 2.57. The van der Waals surface area contributed by atoms with Gasteiger partial charge in [-0.15, -0.1) is 0 Å². The van der Waals surface area contributed by atoms with Gasteiger partial charge in [0.25, 0.3) is 0 Å². The molecular weight excluding hydrogens is 258 g/mol. The molecule has 0 bridgehead atoms. The molecule has 20 heavy (non-hydrogen) atoms. The number of nitrogens with zero attached hydrogens (tertiary/aromatic N) is 4. The third-order valence-corrected chi connectivity index (χ3v) is 3.34. The Hall–Kier alpha value is -2.15. The molecule has 1 aliphatic rings. The number of carbonyl (C=O) groups excluding carboxylic acids is 1. The second kappa shape index (κ2) is 5.46. The standard InChI is InChI=1S/C13H17N5O2/c1-10-7-14-13(16-10)11-9-20-6-5-18(11)12(19)8-17-4-2-3-15-17/h2-4,7,11H,5-6,8-9H2,1H3,(H,14,16). The zero-order valence-corrected chi connectivity index (χ0v) is 11.3. The van der Waals surface area contributed by atoms with E-state index < -0.39 is 0 Å². The monoisotopic (exact) mass is 275 g/mol. The Kier molecular flexibility index (Phi) is 3.51. The molecule has 0 aromatic carbocycles. The lowest BCUT2D eigenvalue weighted by Gasteiger charge is -2.34. The number of imidazole rings is 1. The van der Waals surface area contributed by atoms with Crippen molar-refractivity contribution >= 4 is 5.91 Å². The summed E-state index contributed by atoms with van der Waals surface area (Å²) in [6.07, 6.45) is 5.21. The van der Waals surface area contributed by atoms with Crippen LogP contribution in [0.4, 0.5) is 0 Å². The summed E-state index contributed by atoms with van der Waals surface area (Å²) in [5.74, 6) is 0.798. The first kappa shape index (κ1) is 12.9. The molecule has 3 heterocycles. The van der Waals surface area contributed by atoms with Crippen LogP contribution < -0.4 is 0 Å². The fraction of sp³-hybridized carbons (Fsp3) is 0.462. The molecule has 1 aliphatic heterocycles. The quantitative estimate of drug-likeness (QED) is 0.885. The van der Waals surface area contributed by atoms with E-state index in [0.717, 1.165) is 11.5 Å². The number of aryl methyl sites for hydroxylation is 1. The highest BCUT2D eigenvalue weighted by atomic mass is 16.5. The normalized spacial score (nSPS) is 19.2. The van der Waals surface area contributed by atoms with Crippen LogP contribution in [0.15, 0.2) is 24.7 Å². The Morgan fingerprint density at radius 1 is 1.60 bits per heavy atom. The smallest absolute Gasteiger partial charge is 0.245 e. The van der Waals surface area contributed by atoms with E-state index in [9.17, 15) is 4.79 Å². The average molecular weight is 275 g/mol. The predicted molar refractivity (Wildman–Crippen MR) is 70.8 cm³/mol. The van der Waals surface area contributed by atoms with Crippen LogP contribution in [0.1, 0.15) is 17.6 Å². The number of hydrogen-bond acceptors (Lipinski definition) is 4. The summed E-state index contributed by atoms with van der Waals surface area (Å²) in [5, 5.41) is 4.07. The van der Waals surface area contributed by atoms with Gasteiger partial charge in [-0.3, -0.25) is 9.48 Å². The van der Waals surface area contributed by atoms with E-state index in [1.54, 1.807) is 29.3 Å². The van der Waals surface area contributed by atoms with Crippen molar-refractivity contribution in [2.75, 3.05) is 19.8 Å². The number of hydrogen-bond donors (Lipinski definition) is 1. The fourth-order valence-corrected chi connectivity index (χ4v) is 2.35. The number of amides is 1. The molecular formula is C13H17N5O2. The van der Waals surface area contributed by atoms with Crippen molar-refractivity contribution in [2.24, 2.45) is 0 Å². The summed E-state index contributed by atoms with van der Waals surface area (Å²) in [7, 11) is 0. The number of ether oxygens (including phenoxy) is 1. The summed E-state index contributed by atoms with van der Waals surface area (Å²) >= 11 is 0. The molecule has 0 aliphatic carbocycles. The number of carbonyl (C=O) groups is 1. The molecule has 1 N–H and O–H groups in total. The van der Waals surface area contributed by atoms with E-state index in [4.69, 9.17) is 4.74 Å². The highest BCUT2D eigenvalue weighted by molar-refractivity contribution is 5.76. The predicted octanol–water partition coefficient (Wildman–Crippen LogP) is 0.515. The van der Waals surface area contributed by atoms with Crippen molar-refractivity contribution in [3.8, 4) is 0 Å². The van der Waals surface area contributed by atoms with Gasteiger partial charge in [0.2, 0.25) is 5.91 Å². The van der Waals surface area contributed by atoms with E-state index in [2.05, 4.69) is 15.1 Å². The lowest BCUT2D eigenvalue weighted by molar-refractivity contribution is -0.141. The van der Waals surface area contributed by atoms with Gasteiger partial charge in [0.05, 0.1) is 13.2 Å². The highest BCUT2D eigenvalue weighted by Crippen LogP contribution is 2.22. The number of rotatable bonds is 3. The molecule has 1 amide bonds. The van der Waals surface area contributed by atoms with Crippen LogP contribution >= 0.6 is 0 Å². The highest BCUT2D eigenvalue weighted by Gasteiger charge is 2.30. The van der Waals surface area contributed by atoms with Crippen LogP contribution in [0.2, 0.25) is 0 Å². The van der Waals surface area contributed by atoms with Crippen LogP contribution in [-0.2, 0) is 16.1 Å². The average Bonchev–Trinajstić information content (AvgIpc) is 3.10. The molecule has 3 rings (SSSR count). The molecule has 2 aromatic heterocycles. The molecule has 0 radical (unpaired) electrons. The van der Waals surface area contributed by atoms with E-state index >= 15 is 0 Å². The van der Waals surface area contributed by atoms with Crippen LogP contribution in [-0.4, -0.2) is 50.3 Å². The first-order valence-corrected chi connectivity index (χ1v) is 6.60. The van der Waals surface area contributed by atoms with Gasteiger partial charge in [0.15, 0.2) is 0 Å². The summed E-state index contributed by atoms with van der Waals surface area (Å²) in [6.45, 7) is 3.78. The summed E-state index contributed by atoms with van der Waals surface area (Å²) in [5.41, 5.74) is 0.977. The van der Waals surface area contributed by atoms with Crippen LogP contribution in [0.25, 0.3) is 0 Å². The van der Waals surface area contributed by atoms with E-state index in [1.165, 1.54) is 0 Å². The number of morpholine rings is 1. The molecule has 1 fully saturated rings. The number of aromatic nitrogens is 4. The van der Waals surface area contributed by atoms with Crippen LogP contribution in [0.3, 0.4) is 0 Å². The summed E-state index contributed by atoms with van der Waals surface area (Å²) < 4.78 is 7.11. The lowest BCUT2D eigenvalue weighted by Crippen LogP contribution is -2.45. The van der Waals surface area contributed by atoms with E-state index in [0.29, 0.717) is 19.8 Å². The minimum atomic E-state index is -0.152. The molecule has 2 aromatic rings. The SMILES string of the molecule is Cc1cnc(C2COCCN2C(=O)Cn2cccn2)[nH]1. The molecule has 0 spiro atoms. The molecule has 1 saturated heterocycles. The van der Waals surface area contributed by atoms with Gasteiger partial charge in [-0.2, -0.15) is 5.10 Å². The van der Waals surface area contributed by atoms with Gasteiger partial charge in [-0.25, -0.2) is 4.98 Å². The fourth-order valence-electron chi connectivity index (χ4n) is 2.35. The lowest BCUT2D eigenvalue weighted by atomic mass is 10.2. The van der Waals surface area contributed by atoms with Crippen molar-refractivity contribution in [2.45, 2.75) is 19.5 Å². The minimum Gasteiger partial charge on any atom is -0.377 e. The molecule has 7 nitrogen and oxygen atoms in total. The Bertz CT molecular complexity index is 577. The largest absolute Gasteiger partial charge is 0.377 e. The Morgan fingerprint density at radius 2 is 2.50 bits per heavy atom. The van der Waals surface area contributed by atoms with Gasteiger partial charge in [0.1, 0.15) is 18.4 Å². The molecule has 106 valence electrons.